The van der Waals surface area contributed by atoms with Crippen molar-refractivity contribution >= 4 is 23.6 Å². The van der Waals surface area contributed by atoms with Crippen LogP contribution in [0.1, 0.15) is 39.2 Å². The van der Waals surface area contributed by atoms with Gasteiger partial charge in [0.25, 0.3) is 5.91 Å². The molecule has 0 spiro atoms. The molecular weight excluding hydrogens is 515 g/mol. The Morgan fingerprint density at radius 2 is 1.62 bits per heavy atom. The van der Waals surface area contributed by atoms with Crippen LogP contribution in [0.15, 0.2) is 95.6 Å². The summed E-state index contributed by atoms with van der Waals surface area (Å²) >= 11 is 1.53. The third kappa shape index (κ3) is 8.64. The van der Waals surface area contributed by atoms with Crippen LogP contribution in [0.4, 0.5) is 0 Å². The number of nitrogens with zero attached hydrogens (tertiary/aromatic N) is 1. The van der Waals surface area contributed by atoms with Crippen molar-refractivity contribution in [2.24, 2.45) is 0 Å². The Bertz CT molecular complexity index is 1380. The molecule has 8 heteroatoms. The van der Waals surface area contributed by atoms with Crippen molar-refractivity contribution in [1.82, 2.24) is 10.2 Å². The van der Waals surface area contributed by atoms with Crippen molar-refractivity contribution in [3.05, 3.63) is 119 Å². The van der Waals surface area contributed by atoms with Gasteiger partial charge in [-0.2, -0.15) is 11.8 Å². The number of carboxylic acid groups (broad SMARTS) is 1. The topological polar surface area (TPSA) is 85.6 Å². The normalized spacial score (nSPS) is 11.6. The van der Waals surface area contributed by atoms with Crippen LogP contribution in [-0.4, -0.2) is 34.8 Å². The van der Waals surface area contributed by atoms with Crippen molar-refractivity contribution in [2.75, 3.05) is 12.0 Å². The molecule has 6 nitrogen and oxygen atoms in total. The first-order valence-corrected chi connectivity index (χ1v) is 14.3. The maximum atomic E-state index is 13.4. The predicted octanol–water partition coefficient (Wildman–Crippen LogP) is 2.06. The maximum absolute atomic E-state index is 13.4. The number of benzene rings is 3. The number of thioether (sulfide) groups is 1. The molecule has 0 unspecified atom stereocenters. The first kappa shape index (κ1) is 31.3. The molecule has 0 aliphatic heterocycles. The Kier molecular flexibility index (Phi) is 12.2. The number of aryl methyl sites for hydroxylation is 1. The number of nitrogens with one attached hydrogen (secondary N) is 1. The van der Waals surface area contributed by atoms with E-state index < -0.39 is 17.9 Å². The summed E-state index contributed by atoms with van der Waals surface area (Å²) in [6.07, 6.45) is 3.88. The molecule has 0 fully saturated rings. The number of rotatable bonds is 13. The Balaban J connectivity index is 0.00000441. The molecule has 0 aliphatic carbocycles. The number of hydrogen-bond donors (Lipinski definition) is 1. The Morgan fingerprint density at radius 1 is 0.900 bits per heavy atom. The third-order valence-electron chi connectivity index (χ3n) is 6.58. The van der Waals surface area contributed by atoms with Crippen molar-refractivity contribution in [3.63, 3.8) is 0 Å². The molecule has 3 aromatic carbocycles. The largest absolute Gasteiger partial charge is 1.00 e. The zero-order chi connectivity index (χ0) is 27.6. The van der Waals surface area contributed by atoms with E-state index in [1.165, 1.54) is 17.3 Å². The van der Waals surface area contributed by atoms with Crippen LogP contribution in [0.25, 0.3) is 11.1 Å². The smallest absolute Gasteiger partial charge is 0.548 e. The van der Waals surface area contributed by atoms with E-state index in [0.29, 0.717) is 30.8 Å². The molecule has 4 aromatic rings. The summed E-state index contributed by atoms with van der Waals surface area (Å²) in [7, 11) is 0. The number of carbonyl (C=O) groups excluding carboxylic acids is 2. The van der Waals surface area contributed by atoms with Gasteiger partial charge in [0.1, 0.15) is 5.76 Å². The fourth-order valence-corrected chi connectivity index (χ4v) is 5.07. The number of amides is 1. The van der Waals surface area contributed by atoms with Gasteiger partial charge in [-0.1, -0.05) is 60.7 Å². The average Bonchev–Trinajstić information content (AvgIpc) is 3.44. The van der Waals surface area contributed by atoms with E-state index in [2.05, 4.69) is 22.3 Å². The van der Waals surface area contributed by atoms with E-state index in [4.69, 9.17) is 4.42 Å². The van der Waals surface area contributed by atoms with Gasteiger partial charge in [-0.15, -0.1) is 0 Å². The minimum atomic E-state index is -1.28. The Hall–Kier alpha value is -3.21. The van der Waals surface area contributed by atoms with E-state index in [9.17, 15) is 14.7 Å². The SMILES string of the molecule is CSCC[C@H](NC(=O)c1ccc(CN(Cc2ccccc2)Cc2ccco2)cc1-c1ccccc1C)C(=O)[O-].[Li+]. The fraction of sp³-hybridized carbons (Fsp3) is 0.250. The molecule has 40 heavy (non-hydrogen) atoms. The zero-order valence-electron chi connectivity index (χ0n) is 23.3. The Labute approximate surface area is 252 Å². The van der Waals surface area contributed by atoms with Gasteiger partial charge in [-0.05, 0) is 77.4 Å². The second kappa shape index (κ2) is 15.5. The van der Waals surface area contributed by atoms with Crippen LogP contribution < -0.4 is 29.3 Å². The number of furan rings is 1. The predicted molar refractivity (Wildman–Crippen MR) is 154 cm³/mol. The number of aliphatic carboxylic acids is 1. The van der Waals surface area contributed by atoms with E-state index in [-0.39, 0.29) is 18.9 Å². The Morgan fingerprint density at radius 3 is 2.30 bits per heavy atom. The molecule has 1 atom stereocenters. The van der Waals surface area contributed by atoms with Gasteiger partial charge in [0.2, 0.25) is 0 Å². The molecule has 0 saturated heterocycles. The molecule has 0 radical (unpaired) electrons. The molecule has 0 bridgehead atoms. The van der Waals surface area contributed by atoms with Crippen LogP contribution in [0.3, 0.4) is 0 Å². The molecule has 1 amide bonds. The number of carboxylic acids is 1. The molecule has 202 valence electrons. The summed E-state index contributed by atoms with van der Waals surface area (Å²) in [5.41, 5.74) is 5.38. The minimum Gasteiger partial charge on any atom is -0.548 e. The van der Waals surface area contributed by atoms with Gasteiger partial charge in [-0.3, -0.25) is 9.69 Å². The molecule has 1 heterocycles. The van der Waals surface area contributed by atoms with Gasteiger partial charge in [0, 0.05) is 18.7 Å². The standard InChI is InChI=1S/C32H34N2O4S.Li/c1-23-9-6-7-13-27(23)29-19-25(14-15-28(29)31(35)33-30(32(36)37)16-18-39-2)21-34(22-26-12-8-17-38-26)20-24-10-4-3-5-11-24;/h3-15,17,19,30H,16,18,20-22H2,1-2H3,(H,33,35)(H,36,37);/q;+1/p-1/t30-;/m0./s1. The average molecular weight is 549 g/mol. The van der Waals surface area contributed by atoms with Gasteiger partial charge >= 0.3 is 18.9 Å². The summed E-state index contributed by atoms with van der Waals surface area (Å²) in [6, 6.07) is 26.7. The summed E-state index contributed by atoms with van der Waals surface area (Å²) in [5.74, 6) is -0.220. The monoisotopic (exact) mass is 548 g/mol. The van der Waals surface area contributed by atoms with Crippen LogP contribution in [0.2, 0.25) is 0 Å². The summed E-state index contributed by atoms with van der Waals surface area (Å²) in [4.78, 5) is 27.4. The molecular formula is C32H33LiN2O4S. The third-order valence-corrected chi connectivity index (χ3v) is 7.22. The number of hydrogen-bond acceptors (Lipinski definition) is 6. The fourth-order valence-electron chi connectivity index (χ4n) is 4.60. The zero-order valence-corrected chi connectivity index (χ0v) is 24.1. The first-order chi connectivity index (χ1) is 18.9. The summed E-state index contributed by atoms with van der Waals surface area (Å²) in [6.45, 7) is 4.00. The maximum Gasteiger partial charge on any atom is 1.00 e. The van der Waals surface area contributed by atoms with Gasteiger partial charge in [0.15, 0.2) is 0 Å². The molecule has 0 aliphatic rings. The van der Waals surface area contributed by atoms with Gasteiger partial charge in [0.05, 0.1) is 24.8 Å². The summed E-state index contributed by atoms with van der Waals surface area (Å²) in [5, 5.41) is 14.4. The van der Waals surface area contributed by atoms with E-state index in [1.54, 1.807) is 12.3 Å². The van der Waals surface area contributed by atoms with Gasteiger partial charge < -0.3 is 19.6 Å². The summed E-state index contributed by atoms with van der Waals surface area (Å²) < 4.78 is 5.63. The molecule has 0 saturated carbocycles. The second-order valence-electron chi connectivity index (χ2n) is 9.53. The first-order valence-electron chi connectivity index (χ1n) is 12.9. The van der Waals surface area contributed by atoms with Crippen LogP contribution >= 0.6 is 11.8 Å². The van der Waals surface area contributed by atoms with Crippen molar-refractivity contribution in [2.45, 2.75) is 39.0 Å². The molecule has 1 N–H and O–H groups in total. The van der Waals surface area contributed by atoms with Crippen molar-refractivity contribution < 1.29 is 38.0 Å². The van der Waals surface area contributed by atoms with Crippen LogP contribution in [-0.2, 0) is 24.4 Å². The minimum absolute atomic E-state index is 0. The molecule has 4 rings (SSSR count). The quantitative estimate of drug-likeness (QED) is 0.258. The van der Waals surface area contributed by atoms with E-state index in [0.717, 1.165) is 34.6 Å². The van der Waals surface area contributed by atoms with Gasteiger partial charge in [-0.25, -0.2) is 0 Å². The van der Waals surface area contributed by atoms with Crippen LogP contribution in [0, 0.1) is 6.92 Å². The molecule has 1 aromatic heterocycles. The second-order valence-corrected chi connectivity index (χ2v) is 10.5. The van der Waals surface area contributed by atoms with E-state index in [1.807, 2.05) is 79.9 Å². The van der Waals surface area contributed by atoms with E-state index >= 15 is 0 Å². The van der Waals surface area contributed by atoms with Crippen molar-refractivity contribution in [3.8, 4) is 11.1 Å². The van der Waals surface area contributed by atoms with Crippen LogP contribution in [0.5, 0.6) is 0 Å². The van der Waals surface area contributed by atoms with Crippen molar-refractivity contribution in [1.29, 1.82) is 0 Å². The number of carbonyl (C=O) groups is 2.